The molecule has 1 spiro atoms. The zero-order chi connectivity index (χ0) is 24.7. The summed E-state index contributed by atoms with van der Waals surface area (Å²) in [5, 5.41) is 12.4. The molecule has 2 aliphatic heterocycles. The van der Waals surface area contributed by atoms with E-state index in [4.69, 9.17) is 0 Å². The molecular formula is C26H27N3O5S. The number of fused-ring (bicyclic) bond motifs is 3. The fraction of sp³-hybridized carbons (Fsp3) is 0.423. The number of benzene rings is 2. The van der Waals surface area contributed by atoms with Crippen LogP contribution in [0.5, 0.6) is 0 Å². The topological polar surface area (TPSA) is 103 Å². The molecule has 0 N–H and O–H groups in total. The number of carbonyl (C=O) groups is 1. The Hall–Kier alpha value is -3.20. The molecule has 1 amide bonds. The van der Waals surface area contributed by atoms with E-state index in [1.54, 1.807) is 24.3 Å². The van der Waals surface area contributed by atoms with Gasteiger partial charge in [0.2, 0.25) is 12.5 Å². The summed E-state index contributed by atoms with van der Waals surface area (Å²) in [4.78, 5) is 26.5. The van der Waals surface area contributed by atoms with Crippen LogP contribution in [0, 0.1) is 34.8 Å². The van der Waals surface area contributed by atoms with Crippen LogP contribution in [-0.2, 0) is 26.8 Å². The van der Waals surface area contributed by atoms with Gasteiger partial charge < -0.3 is 4.90 Å². The summed E-state index contributed by atoms with van der Waals surface area (Å²) in [5.74, 6) is -0.643. The van der Waals surface area contributed by atoms with Gasteiger partial charge in [-0.05, 0) is 49.4 Å². The zero-order valence-electron chi connectivity index (χ0n) is 19.7. The summed E-state index contributed by atoms with van der Waals surface area (Å²) < 4.78 is 29.9. The minimum Gasteiger partial charge on any atom is -0.331 e. The van der Waals surface area contributed by atoms with Crippen LogP contribution in [0.15, 0.2) is 53.4 Å². The third-order valence-electron chi connectivity index (χ3n) is 8.52. The molecular weight excluding hydrogens is 466 g/mol. The van der Waals surface area contributed by atoms with Gasteiger partial charge in [-0.1, -0.05) is 42.8 Å². The first-order valence-corrected chi connectivity index (χ1v) is 13.5. The molecule has 1 saturated carbocycles. The minimum atomic E-state index is -3.99. The molecule has 0 radical (unpaired) electrons. The summed E-state index contributed by atoms with van der Waals surface area (Å²) >= 11 is 0. The van der Waals surface area contributed by atoms with E-state index in [9.17, 15) is 23.3 Å². The maximum atomic E-state index is 14.2. The third-order valence-corrected chi connectivity index (χ3v) is 10.3. The normalized spacial score (nSPS) is 27.7. The molecule has 35 heavy (non-hydrogen) atoms. The van der Waals surface area contributed by atoms with Crippen molar-refractivity contribution < 1.29 is 18.1 Å². The van der Waals surface area contributed by atoms with Crippen LogP contribution in [-0.4, -0.2) is 41.2 Å². The van der Waals surface area contributed by atoms with E-state index in [1.807, 2.05) is 43.0 Å². The fourth-order valence-corrected chi connectivity index (χ4v) is 8.77. The highest BCUT2D eigenvalue weighted by atomic mass is 32.2. The van der Waals surface area contributed by atoms with Crippen LogP contribution in [0.3, 0.4) is 0 Å². The minimum absolute atomic E-state index is 0.0134. The van der Waals surface area contributed by atoms with Crippen molar-refractivity contribution in [2.24, 2.45) is 17.8 Å². The number of hydrogen-bond acceptors (Lipinski definition) is 5. The van der Waals surface area contributed by atoms with E-state index >= 15 is 0 Å². The molecule has 6 rings (SSSR count). The van der Waals surface area contributed by atoms with Crippen molar-refractivity contribution in [3.63, 3.8) is 0 Å². The van der Waals surface area contributed by atoms with Crippen LogP contribution < -0.4 is 0 Å². The number of aryl methyl sites for hydroxylation is 1. The molecule has 0 bridgehead atoms. The van der Waals surface area contributed by atoms with Crippen molar-refractivity contribution in [3.05, 3.63) is 75.5 Å². The van der Waals surface area contributed by atoms with Gasteiger partial charge in [-0.2, -0.15) is 0 Å². The van der Waals surface area contributed by atoms with Crippen molar-refractivity contribution >= 4 is 26.8 Å². The van der Waals surface area contributed by atoms with E-state index in [0.29, 0.717) is 30.6 Å². The van der Waals surface area contributed by atoms with Crippen molar-refractivity contribution in [3.8, 4) is 0 Å². The molecule has 9 heteroatoms. The van der Waals surface area contributed by atoms with Gasteiger partial charge in [-0.15, -0.1) is 0 Å². The van der Waals surface area contributed by atoms with E-state index in [0.717, 1.165) is 16.5 Å². The Morgan fingerprint density at radius 3 is 2.57 bits per heavy atom. The van der Waals surface area contributed by atoms with Crippen molar-refractivity contribution in [1.82, 2.24) is 8.87 Å². The Bertz CT molecular complexity index is 1490. The Labute approximate surface area is 203 Å². The van der Waals surface area contributed by atoms with Crippen LogP contribution >= 0.6 is 0 Å². The Kier molecular flexibility index (Phi) is 4.71. The standard InChI is InChI=1S/C26H27N3O5S/c1-16-7-9-18(10-8-16)35(33,34)29-23-6-4-3-5-19(23)20-11-12-27-24(30)13-22-21(15-28(31)32)17(2)14-26(22,27)25(20)29/h3-10,17,21-22H,11-15H2,1-2H3/t17-,21+,22-,26+/m0/s1. The van der Waals surface area contributed by atoms with Crippen molar-refractivity contribution in [1.29, 1.82) is 0 Å². The van der Waals surface area contributed by atoms with E-state index in [2.05, 4.69) is 0 Å². The molecule has 3 aromatic rings. The Balaban J connectivity index is 1.68. The third kappa shape index (κ3) is 2.90. The molecule has 1 saturated heterocycles. The highest BCUT2D eigenvalue weighted by molar-refractivity contribution is 7.90. The molecule has 2 fully saturated rings. The lowest BCUT2D eigenvalue weighted by Gasteiger charge is -2.44. The first-order chi connectivity index (χ1) is 16.7. The Morgan fingerprint density at radius 2 is 1.86 bits per heavy atom. The molecule has 2 aromatic carbocycles. The summed E-state index contributed by atoms with van der Waals surface area (Å²) in [7, 11) is -3.99. The molecule has 3 heterocycles. The number of para-hydroxylation sites is 1. The lowest BCUT2D eigenvalue weighted by atomic mass is 9.77. The second kappa shape index (κ2) is 7.40. The van der Waals surface area contributed by atoms with Gasteiger partial charge in [0, 0.05) is 35.1 Å². The smallest absolute Gasteiger partial charge is 0.268 e. The van der Waals surface area contributed by atoms with Gasteiger partial charge in [-0.25, -0.2) is 12.4 Å². The highest BCUT2D eigenvalue weighted by Gasteiger charge is 2.66. The van der Waals surface area contributed by atoms with Crippen LogP contribution in [0.4, 0.5) is 0 Å². The predicted octanol–water partition coefficient (Wildman–Crippen LogP) is 3.72. The SMILES string of the molecule is Cc1ccc(S(=O)(=O)n2c3c(c4ccccc42)CCN2C(=O)C[C@H]4[C@H](C[N+](=O)[O-])[C@@H](C)C[C@]342)cc1. The summed E-state index contributed by atoms with van der Waals surface area (Å²) in [6.07, 6.45) is 1.30. The molecule has 182 valence electrons. The first-order valence-electron chi connectivity index (χ1n) is 12.0. The highest BCUT2D eigenvalue weighted by Crippen LogP contribution is 2.62. The number of aromatic nitrogens is 1. The van der Waals surface area contributed by atoms with Crippen molar-refractivity contribution in [2.45, 2.75) is 43.5 Å². The van der Waals surface area contributed by atoms with Crippen molar-refractivity contribution in [2.75, 3.05) is 13.1 Å². The monoisotopic (exact) mass is 493 g/mol. The number of nitrogens with zero attached hydrogens (tertiary/aromatic N) is 3. The number of carbonyl (C=O) groups excluding carboxylic acids is 1. The van der Waals surface area contributed by atoms with Crippen LogP contribution in [0.1, 0.15) is 36.6 Å². The zero-order valence-corrected chi connectivity index (χ0v) is 20.5. The lowest BCUT2D eigenvalue weighted by Crippen LogP contribution is -2.51. The average molecular weight is 494 g/mol. The van der Waals surface area contributed by atoms with E-state index in [-0.39, 0.29) is 46.4 Å². The predicted molar refractivity (Wildman–Crippen MR) is 130 cm³/mol. The fourth-order valence-electron chi connectivity index (χ4n) is 7.16. The molecule has 8 nitrogen and oxygen atoms in total. The summed E-state index contributed by atoms with van der Waals surface area (Å²) in [6, 6.07) is 14.3. The van der Waals surface area contributed by atoms with Crippen LogP contribution in [0.2, 0.25) is 0 Å². The van der Waals surface area contributed by atoms with Gasteiger partial charge in [0.05, 0.1) is 21.6 Å². The molecule has 1 aromatic heterocycles. The first kappa shape index (κ1) is 22.3. The van der Waals surface area contributed by atoms with Gasteiger partial charge in [0.25, 0.3) is 10.0 Å². The maximum absolute atomic E-state index is 14.2. The second-order valence-electron chi connectivity index (χ2n) is 10.3. The van der Waals surface area contributed by atoms with E-state index in [1.165, 1.54) is 3.97 Å². The Morgan fingerprint density at radius 1 is 1.14 bits per heavy atom. The number of nitro groups is 1. The molecule has 4 atom stereocenters. The molecule has 0 unspecified atom stereocenters. The average Bonchev–Trinajstić information content (AvgIpc) is 3.39. The van der Waals surface area contributed by atoms with Gasteiger partial charge in [0.15, 0.2) is 0 Å². The quantitative estimate of drug-likeness (QED) is 0.407. The van der Waals surface area contributed by atoms with E-state index < -0.39 is 15.6 Å². The largest absolute Gasteiger partial charge is 0.331 e. The summed E-state index contributed by atoms with van der Waals surface area (Å²) in [6.45, 7) is 4.19. The second-order valence-corrected chi connectivity index (χ2v) is 12.1. The lowest BCUT2D eigenvalue weighted by molar-refractivity contribution is -0.491. The molecule has 1 aliphatic carbocycles. The van der Waals surface area contributed by atoms with Gasteiger partial charge >= 0.3 is 0 Å². The van der Waals surface area contributed by atoms with Gasteiger partial charge in [-0.3, -0.25) is 14.9 Å². The van der Waals surface area contributed by atoms with Gasteiger partial charge in [0.1, 0.15) is 0 Å². The maximum Gasteiger partial charge on any atom is 0.268 e. The van der Waals surface area contributed by atoms with Crippen LogP contribution in [0.25, 0.3) is 10.9 Å². The summed E-state index contributed by atoms with van der Waals surface area (Å²) in [5.41, 5.74) is 2.28. The molecule has 3 aliphatic rings. The number of rotatable bonds is 4. The number of hydrogen-bond donors (Lipinski definition) is 0. The number of amides is 1.